The summed E-state index contributed by atoms with van der Waals surface area (Å²) in [5, 5.41) is 7.59. The van der Waals surface area contributed by atoms with Gasteiger partial charge in [0, 0.05) is 37.2 Å². The number of hydrogen-bond acceptors (Lipinski definition) is 2. The quantitative estimate of drug-likeness (QED) is 0.169. The van der Waals surface area contributed by atoms with Gasteiger partial charge < -0.3 is 4.90 Å². The van der Waals surface area contributed by atoms with Gasteiger partial charge in [-0.25, -0.2) is 0 Å². The lowest BCUT2D eigenvalue weighted by Crippen LogP contribution is -2.10. The maximum atomic E-state index is 2.40. The van der Waals surface area contributed by atoms with E-state index in [9.17, 15) is 0 Å². The Morgan fingerprint density at radius 1 is 0.269 bits per heavy atom. The number of benzene rings is 9. The highest BCUT2D eigenvalue weighted by atomic mass is 32.1. The minimum Gasteiger partial charge on any atom is -0.310 e. The standard InChI is InChI=1S/C50H33NS/c1-2-10-34(11-3-1)37-14-8-16-44(31-37)51(46-26-27-50-48(33-46)47-18-6-7-19-49(47)52-50)45-17-9-15-38(32-45)39-22-23-43-30-42(25-24-41(43)29-39)40-21-20-35-12-4-5-13-36(35)28-40/h1-33H. The number of rotatable bonds is 6. The molecule has 0 aliphatic heterocycles. The molecule has 0 fully saturated rings. The second kappa shape index (κ2) is 12.7. The molecule has 52 heavy (non-hydrogen) atoms. The summed E-state index contributed by atoms with van der Waals surface area (Å²) in [4.78, 5) is 2.40. The topological polar surface area (TPSA) is 3.24 Å². The third-order valence-corrected chi connectivity index (χ3v) is 11.3. The average molecular weight is 680 g/mol. The van der Waals surface area contributed by atoms with Crippen molar-refractivity contribution in [3.8, 4) is 33.4 Å². The summed E-state index contributed by atoms with van der Waals surface area (Å²) in [6.07, 6.45) is 0. The molecule has 0 radical (unpaired) electrons. The predicted molar refractivity (Wildman–Crippen MR) is 225 cm³/mol. The van der Waals surface area contributed by atoms with E-state index in [1.807, 2.05) is 11.3 Å². The molecule has 0 aliphatic carbocycles. The van der Waals surface area contributed by atoms with Crippen molar-refractivity contribution in [2.45, 2.75) is 0 Å². The van der Waals surface area contributed by atoms with Gasteiger partial charge in [0.1, 0.15) is 0 Å². The fourth-order valence-electron chi connectivity index (χ4n) is 7.55. The van der Waals surface area contributed by atoms with E-state index in [4.69, 9.17) is 0 Å². The molecule has 0 N–H and O–H groups in total. The summed E-state index contributed by atoms with van der Waals surface area (Å²) in [5.74, 6) is 0. The summed E-state index contributed by atoms with van der Waals surface area (Å²) < 4.78 is 2.62. The van der Waals surface area contributed by atoms with Gasteiger partial charge in [-0.05, 0) is 122 Å². The molecule has 0 atom stereocenters. The first-order valence-corrected chi connectivity index (χ1v) is 18.6. The summed E-state index contributed by atoms with van der Waals surface area (Å²) in [6, 6.07) is 73.1. The zero-order valence-electron chi connectivity index (χ0n) is 28.4. The van der Waals surface area contributed by atoms with E-state index in [2.05, 4.69) is 205 Å². The van der Waals surface area contributed by atoms with E-state index in [-0.39, 0.29) is 0 Å². The number of hydrogen-bond donors (Lipinski definition) is 0. The van der Waals surface area contributed by atoms with E-state index in [0.717, 1.165) is 17.1 Å². The van der Waals surface area contributed by atoms with Crippen LogP contribution in [-0.4, -0.2) is 0 Å². The fourth-order valence-corrected chi connectivity index (χ4v) is 8.64. The Balaban J connectivity index is 1.06. The molecule has 0 saturated carbocycles. The average Bonchev–Trinajstić information content (AvgIpc) is 3.59. The molecule has 1 nitrogen and oxygen atoms in total. The molecule has 0 saturated heterocycles. The molecule has 0 aliphatic rings. The Bertz CT molecular complexity index is 2920. The van der Waals surface area contributed by atoms with Crippen LogP contribution in [0.5, 0.6) is 0 Å². The molecular formula is C50H33NS. The first kappa shape index (κ1) is 30.4. The highest BCUT2D eigenvalue weighted by Crippen LogP contribution is 2.42. The Morgan fingerprint density at radius 2 is 0.750 bits per heavy atom. The van der Waals surface area contributed by atoms with Crippen LogP contribution in [0.3, 0.4) is 0 Å². The van der Waals surface area contributed by atoms with Gasteiger partial charge >= 0.3 is 0 Å². The molecule has 9 aromatic carbocycles. The van der Waals surface area contributed by atoms with Crippen molar-refractivity contribution in [3.63, 3.8) is 0 Å². The lowest BCUT2D eigenvalue weighted by Gasteiger charge is -2.27. The number of fused-ring (bicyclic) bond motifs is 5. The van der Waals surface area contributed by atoms with E-state index >= 15 is 0 Å². The summed E-state index contributed by atoms with van der Waals surface area (Å²) in [7, 11) is 0. The van der Waals surface area contributed by atoms with Crippen LogP contribution in [0.1, 0.15) is 0 Å². The van der Waals surface area contributed by atoms with Crippen LogP contribution in [0.2, 0.25) is 0 Å². The molecular weight excluding hydrogens is 647 g/mol. The Hall–Kier alpha value is -6.48. The van der Waals surface area contributed by atoms with Crippen molar-refractivity contribution in [2.24, 2.45) is 0 Å². The smallest absolute Gasteiger partial charge is 0.0468 e. The van der Waals surface area contributed by atoms with Crippen LogP contribution < -0.4 is 4.90 Å². The SMILES string of the molecule is c1ccc(-c2cccc(N(c3cccc(-c4ccc5cc(-c6ccc7ccccc7c6)ccc5c4)c3)c3ccc4sc5ccccc5c4c3)c2)cc1. The zero-order chi connectivity index (χ0) is 34.4. The molecule has 1 aromatic heterocycles. The second-order valence-electron chi connectivity index (χ2n) is 13.4. The van der Waals surface area contributed by atoms with Gasteiger partial charge in [0.2, 0.25) is 0 Å². The van der Waals surface area contributed by atoms with Crippen LogP contribution in [0.4, 0.5) is 17.1 Å². The third kappa shape index (κ3) is 5.51. The van der Waals surface area contributed by atoms with E-state index in [1.54, 1.807) is 0 Å². The van der Waals surface area contributed by atoms with Crippen molar-refractivity contribution in [1.82, 2.24) is 0 Å². The van der Waals surface area contributed by atoms with Gasteiger partial charge in [0.25, 0.3) is 0 Å². The van der Waals surface area contributed by atoms with Gasteiger partial charge in [-0.1, -0.05) is 133 Å². The minimum atomic E-state index is 1.12. The van der Waals surface area contributed by atoms with E-state index in [1.165, 1.54) is 75.1 Å². The monoisotopic (exact) mass is 679 g/mol. The highest BCUT2D eigenvalue weighted by molar-refractivity contribution is 7.25. The largest absolute Gasteiger partial charge is 0.310 e. The third-order valence-electron chi connectivity index (χ3n) is 10.2. The maximum Gasteiger partial charge on any atom is 0.0468 e. The van der Waals surface area contributed by atoms with Gasteiger partial charge in [-0.3, -0.25) is 0 Å². The number of thiophene rings is 1. The van der Waals surface area contributed by atoms with Crippen LogP contribution >= 0.6 is 11.3 Å². The van der Waals surface area contributed by atoms with Gasteiger partial charge in [0.15, 0.2) is 0 Å². The molecule has 244 valence electrons. The molecule has 2 heteroatoms. The van der Waals surface area contributed by atoms with E-state index in [0.29, 0.717) is 0 Å². The molecule has 0 unspecified atom stereocenters. The zero-order valence-corrected chi connectivity index (χ0v) is 29.2. The second-order valence-corrected chi connectivity index (χ2v) is 14.5. The molecule has 10 rings (SSSR count). The normalized spacial score (nSPS) is 11.5. The van der Waals surface area contributed by atoms with Gasteiger partial charge in [0.05, 0.1) is 0 Å². The van der Waals surface area contributed by atoms with Crippen LogP contribution in [-0.2, 0) is 0 Å². The number of nitrogens with zero attached hydrogens (tertiary/aromatic N) is 1. The molecule has 10 aromatic rings. The van der Waals surface area contributed by atoms with Crippen molar-refractivity contribution in [2.75, 3.05) is 4.90 Å². The fraction of sp³-hybridized carbons (Fsp3) is 0. The predicted octanol–water partition coefficient (Wildman–Crippen LogP) is 14.8. The maximum absolute atomic E-state index is 2.40. The first-order valence-electron chi connectivity index (χ1n) is 17.7. The Kier molecular flexibility index (Phi) is 7.41. The Labute approximate surface area is 307 Å². The molecule has 1 heterocycles. The van der Waals surface area contributed by atoms with Crippen LogP contribution in [0.15, 0.2) is 200 Å². The molecule has 0 bridgehead atoms. The minimum absolute atomic E-state index is 1.12. The van der Waals surface area contributed by atoms with Crippen molar-refractivity contribution < 1.29 is 0 Å². The molecule has 0 spiro atoms. The first-order chi connectivity index (χ1) is 25.7. The summed E-state index contributed by atoms with van der Waals surface area (Å²) in [5.41, 5.74) is 10.6. The Morgan fingerprint density at radius 3 is 1.44 bits per heavy atom. The number of anilines is 3. The lowest BCUT2D eigenvalue weighted by molar-refractivity contribution is 1.29. The highest BCUT2D eigenvalue weighted by Gasteiger charge is 2.17. The van der Waals surface area contributed by atoms with Gasteiger partial charge in [-0.15, -0.1) is 11.3 Å². The summed E-state index contributed by atoms with van der Waals surface area (Å²) >= 11 is 1.86. The van der Waals surface area contributed by atoms with Crippen molar-refractivity contribution in [1.29, 1.82) is 0 Å². The van der Waals surface area contributed by atoms with Crippen molar-refractivity contribution >= 4 is 70.1 Å². The van der Waals surface area contributed by atoms with Crippen molar-refractivity contribution in [3.05, 3.63) is 200 Å². The van der Waals surface area contributed by atoms with Gasteiger partial charge in [-0.2, -0.15) is 0 Å². The van der Waals surface area contributed by atoms with Crippen LogP contribution in [0, 0.1) is 0 Å². The van der Waals surface area contributed by atoms with Crippen LogP contribution in [0.25, 0.3) is 75.1 Å². The molecule has 0 amide bonds. The summed E-state index contributed by atoms with van der Waals surface area (Å²) in [6.45, 7) is 0. The van der Waals surface area contributed by atoms with E-state index < -0.39 is 0 Å². The lowest BCUT2D eigenvalue weighted by atomic mass is 9.96.